The van der Waals surface area contributed by atoms with E-state index in [1.807, 2.05) is 0 Å². The van der Waals surface area contributed by atoms with Gasteiger partial charge in [-0.15, -0.1) is 11.3 Å². The molecule has 2 atom stereocenters. The molecule has 86 valence electrons. The predicted octanol–water partition coefficient (Wildman–Crippen LogP) is 1.37. The van der Waals surface area contributed by atoms with Crippen LogP contribution in [0.2, 0.25) is 0 Å². The van der Waals surface area contributed by atoms with E-state index < -0.39 is 6.10 Å². The zero-order valence-corrected chi connectivity index (χ0v) is 10.3. The highest BCUT2D eigenvalue weighted by atomic mass is 32.1. The third kappa shape index (κ3) is 3.57. The lowest BCUT2D eigenvalue weighted by Gasteiger charge is -2.15. The molecule has 0 radical (unpaired) electrons. The molecule has 1 rings (SSSR count). The van der Waals surface area contributed by atoms with Crippen molar-refractivity contribution in [3.63, 3.8) is 0 Å². The van der Waals surface area contributed by atoms with Crippen LogP contribution in [-0.4, -0.2) is 29.5 Å². The Morgan fingerprint density at radius 2 is 2.13 bits per heavy atom. The Morgan fingerprint density at radius 3 is 2.60 bits per heavy atom. The van der Waals surface area contributed by atoms with Crippen molar-refractivity contribution in [1.82, 2.24) is 5.32 Å². The van der Waals surface area contributed by atoms with Crippen LogP contribution < -0.4 is 5.32 Å². The molecule has 0 saturated carbocycles. The second kappa shape index (κ2) is 5.61. The van der Waals surface area contributed by atoms with Crippen LogP contribution in [0.1, 0.15) is 28.3 Å². The minimum Gasteiger partial charge on any atom is -0.394 e. The van der Waals surface area contributed by atoms with Crippen molar-refractivity contribution < 1.29 is 10.2 Å². The summed E-state index contributed by atoms with van der Waals surface area (Å²) in [7, 11) is 0. The maximum atomic E-state index is 9.22. The Kier molecular flexibility index (Phi) is 4.73. The van der Waals surface area contributed by atoms with Crippen LogP contribution in [-0.2, 0) is 0 Å². The third-order valence-corrected chi connectivity index (χ3v) is 3.40. The summed E-state index contributed by atoms with van der Waals surface area (Å²) in [5, 5.41) is 21.1. The molecule has 3 nitrogen and oxygen atoms in total. The summed E-state index contributed by atoms with van der Waals surface area (Å²) < 4.78 is 0. The van der Waals surface area contributed by atoms with Crippen molar-refractivity contribution in [2.45, 2.75) is 32.9 Å². The number of hydrogen-bond acceptors (Lipinski definition) is 4. The molecule has 0 amide bonds. The predicted molar refractivity (Wildman–Crippen MR) is 63.3 cm³/mol. The molecular weight excluding hydrogens is 210 g/mol. The molecule has 0 fully saturated rings. The Hall–Kier alpha value is -0.420. The SMILES string of the molecule is Cc1cc(C(C)NC[C@H](O)CO)c(C)s1. The van der Waals surface area contributed by atoms with Crippen molar-refractivity contribution in [2.24, 2.45) is 0 Å². The van der Waals surface area contributed by atoms with Crippen molar-refractivity contribution in [1.29, 1.82) is 0 Å². The Morgan fingerprint density at radius 1 is 1.47 bits per heavy atom. The quantitative estimate of drug-likeness (QED) is 0.715. The van der Waals surface area contributed by atoms with Gasteiger partial charge in [-0.1, -0.05) is 0 Å². The van der Waals surface area contributed by atoms with Gasteiger partial charge in [0.25, 0.3) is 0 Å². The molecule has 0 bridgehead atoms. The van der Waals surface area contributed by atoms with Gasteiger partial charge in [-0.2, -0.15) is 0 Å². The van der Waals surface area contributed by atoms with Crippen LogP contribution in [0.25, 0.3) is 0 Å². The van der Waals surface area contributed by atoms with E-state index in [1.165, 1.54) is 15.3 Å². The van der Waals surface area contributed by atoms with Crippen LogP contribution in [0.3, 0.4) is 0 Å². The first-order valence-electron chi connectivity index (χ1n) is 5.13. The molecule has 4 heteroatoms. The highest BCUT2D eigenvalue weighted by Crippen LogP contribution is 2.25. The second-order valence-corrected chi connectivity index (χ2v) is 5.30. The van der Waals surface area contributed by atoms with E-state index in [0.29, 0.717) is 6.54 Å². The van der Waals surface area contributed by atoms with Gasteiger partial charge in [0.05, 0.1) is 12.7 Å². The fourth-order valence-corrected chi connectivity index (χ4v) is 2.59. The average molecular weight is 229 g/mol. The number of nitrogens with one attached hydrogen (secondary N) is 1. The van der Waals surface area contributed by atoms with E-state index in [0.717, 1.165) is 0 Å². The van der Waals surface area contributed by atoms with Gasteiger partial charge in [0.1, 0.15) is 0 Å². The maximum absolute atomic E-state index is 9.22. The Bertz CT molecular complexity index is 312. The minimum atomic E-state index is -0.674. The summed E-state index contributed by atoms with van der Waals surface area (Å²) in [5.41, 5.74) is 1.28. The van der Waals surface area contributed by atoms with Gasteiger partial charge in [-0.25, -0.2) is 0 Å². The van der Waals surface area contributed by atoms with Gasteiger partial charge < -0.3 is 15.5 Å². The molecule has 0 aliphatic heterocycles. The largest absolute Gasteiger partial charge is 0.394 e. The topological polar surface area (TPSA) is 52.5 Å². The molecule has 1 aromatic rings. The zero-order valence-electron chi connectivity index (χ0n) is 9.45. The Labute approximate surface area is 94.8 Å². The number of hydrogen-bond donors (Lipinski definition) is 3. The molecule has 1 heterocycles. The van der Waals surface area contributed by atoms with Crippen molar-refractivity contribution in [3.05, 3.63) is 21.4 Å². The lowest BCUT2D eigenvalue weighted by Crippen LogP contribution is -2.31. The van der Waals surface area contributed by atoms with Crippen LogP contribution in [0, 0.1) is 13.8 Å². The average Bonchev–Trinajstić information content (AvgIpc) is 2.53. The van der Waals surface area contributed by atoms with E-state index in [9.17, 15) is 5.11 Å². The standard InChI is InChI=1S/C11H19NO2S/c1-7-4-11(9(3)15-7)8(2)12-5-10(14)6-13/h4,8,10,12-14H,5-6H2,1-3H3/t8?,10-/m0/s1. The number of aryl methyl sites for hydroxylation is 2. The monoisotopic (exact) mass is 229 g/mol. The number of aliphatic hydroxyl groups is 2. The minimum absolute atomic E-state index is 0.193. The molecule has 0 aromatic carbocycles. The van der Waals surface area contributed by atoms with Gasteiger partial charge in [0.15, 0.2) is 0 Å². The second-order valence-electron chi connectivity index (χ2n) is 3.83. The highest BCUT2D eigenvalue weighted by molar-refractivity contribution is 7.12. The molecule has 0 aliphatic carbocycles. The normalized spacial score (nSPS) is 15.3. The number of aliphatic hydroxyl groups excluding tert-OH is 2. The van der Waals surface area contributed by atoms with Crippen molar-refractivity contribution in [2.75, 3.05) is 13.2 Å². The van der Waals surface area contributed by atoms with Crippen LogP contribution in [0.5, 0.6) is 0 Å². The zero-order chi connectivity index (χ0) is 11.4. The summed E-state index contributed by atoms with van der Waals surface area (Å²) in [6, 6.07) is 2.39. The van der Waals surface area contributed by atoms with Gasteiger partial charge in [-0.3, -0.25) is 0 Å². The molecule has 1 aromatic heterocycles. The van der Waals surface area contributed by atoms with Crippen LogP contribution >= 0.6 is 11.3 Å². The highest BCUT2D eigenvalue weighted by Gasteiger charge is 2.11. The third-order valence-electron chi connectivity index (χ3n) is 2.42. The summed E-state index contributed by atoms with van der Waals surface area (Å²) in [6.07, 6.45) is -0.674. The smallest absolute Gasteiger partial charge is 0.0895 e. The lowest BCUT2D eigenvalue weighted by molar-refractivity contribution is 0.0924. The Balaban J connectivity index is 2.53. The molecule has 0 spiro atoms. The van der Waals surface area contributed by atoms with E-state index >= 15 is 0 Å². The van der Waals surface area contributed by atoms with Crippen LogP contribution in [0.4, 0.5) is 0 Å². The number of thiophene rings is 1. The van der Waals surface area contributed by atoms with Crippen molar-refractivity contribution >= 4 is 11.3 Å². The van der Waals surface area contributed by atoms with E-state index in [2.05, 4.69) is 32.2 Å². The van der Waals surface area contributed by atoms with Gasteiger partial charge in [-0.05, 0) is 32.4 Å². The molecule has 15 heavy (non-hydrogen) atoms. The first kappa shape index (κ1) is 12.6. The fraction of sp³-hybridized carbons (Fsp3) is 0.636. The molecular formula is C11H19NO2S. The van der Waals surface area contributed by atoms with Crippen molar-refractivity contribution in [3.8, 4) is 0 Å². The molecule has 0 aliphatic rings. The first-order chi connectivity index (χ1) is 7.04. The van der Waals surface area contributed by atoms with E-state index in [1.54, 1.807) is 11.3 Å². The van der Waals surface area contributed by atoms with E-state index in [4.69, 9.17) is 5.11 Å². The first-order valence-corrected chi connectivity index (χ1v) is 5.95. The molecule has 0 saturated heterocycles. The lowest BCUT2D eigenvalue weighted by atomic mass is 10.1. The summed E-state index contributed by atoms with van der Waals surface area (Å²) in [5.74, 6) is 0. The molecule has 1 unspecified atom stereocenters. The van der Waals surface area contributed by atoms with Crippen LogP contribution in [0.15, 0.2) is 6.07 Å². The van der Waals surface area contributed by atoms with E-state index in [-0.39, 0.29) is 12.6 Å². The maximum Gasteiger partial charge on any atom is 0.0895 e. The van der Waals surface area contributed by atoms with Gasteiger partial charge in [0, 0.05) is 22.3 Å². The summed E-state index contributed by atoms with van der Waals surface area (Å²) in [4.78, 5) is 2.62. The summed E-state index contributed by atoms with van der Waals surface area (Å²) in [6.45, 7) is 6.50. The van der Waals surface area contributed by atoms with Gasteiger partial charge >= 0.3 is 0 Å². The van der Waals surface area contributed by atoms with Gasteiger partial charge in [0.2, 0.25) is 0 Å². The fourth-order valence-electron chi connectivity index (χ4n) is 1.57. The summed E-state index contributed by atoms with van der Waals surface area (Å²) >= 11 is 1.79. The molecule has 3 N–H and O–H groups in total. The number of rotatable bonds is 5.